The summed E-state index contributed by atoms with van der Waals surface area (Å²) < 4.78 is 0. The van der Waals surface area contributed by atoms with Crippen molar-refractivity contribution in [2.24, 2.45) is 0 Å². The largest absolute Gasteiger partial charge is 0.0622 e. The predicted molar refractivity (Wildman–Crippen MR) is 131 cm³/mol. The van der Waals surface area contributed by atoms with Gasteiger partial charge in [0.2, 0.25) is 0 Å². The molecule has 0 unspecified atom stereocenters. The second-order valence-electron chi connectivity index (χ2n) is 8.70. The Balaban J connectivity index is 0.000000218. The summed E-state index contributed by atoms with van der Waals surface area (Å²) in [5, 5.41) is 0. The Labute approximate surface area is 180 Å². The van der Waals surface area contributed by atoms with Crippen LogP contribution in [-0.2, 0) is 0 Å². The predicted octanol–water partition coefficient (Wildman–Crippen LogP) is 9.05. The molecular formula is C29H40. The fraction of sp³-hybridized carbons (Fsp3) is 0.379. The molecule has 3 rings (SSSR count). The zero-order valence-corrected chi connectivity index (χ0v) is 19.7. The summed E-state index contributed by atoms with van der Waals surface area (Å²) in [5.41, 5.74) is 6.96. The molecule has 0 bridgehead atoms. The van der Waals surface area contributed by atoms with Gasteiger partial charge < -0.3 is 0 Å². The molecule has 0 aromatic heterocycles. The lowest BCUT2D eigenvalue weighted by molar-refractivity contribution is 0.865. The zero-order valence-electron chi connectivity index (χ0n) is 19.7. The van der Waals surface area contributed by atoms with Crippen LogP contribution < -0.4 is 0 Å². The summed E-state index contributed by atoms with van der Waals surface area (Å²) in [6.07, 6.45) is 0. The maximum atomic E-state index is 2.24. The molecule has 0 N–H and O–H groups in total. The molecule has 0 saturated carbocycles. The van der Waals surface area contributed by atoms with Crippen LogP contribution in [0.25, 0.3) is 0 Å². The van der Waals surface area contributed by atoms with E-state index in [-0.39, 0.29) is 0 Å². The molecule has 0 heterocycles. The van der Waals surface area contributed by atoms with Crippen LogP contribution in [0.2, 0.25) is 0 Å². The van der Waals surface area contributed by atoms with Gasteiger partial charge in [-0.1, -0.05) is 132 Å². The molecule has 0 radical (unpaired) electrons. The van der Waals surface area contributed by atoms with E-state index in [1.807, 2.05) is 6.07 Å². The van der Waals surface area contributed by atoms with Crippen molar-refractivity contribution in [1.82, 2.24) is 0 Å². The van der Waals surface area contributed by atoms with E-state index >= 15 is 0 Å². The summed E-state index contributed by atoms with van der Waals surface area (Å²) in [4.78, 5) is 0. The number of aryl methyl sites for hydroxylation is 2. The van der Waals surface area contributed by atoms with Crippen molar-refractivity contribution in [3.8, 4) is 0 Å². The van der Waals surface area contributed by atoms with Crippen LogP contribution in [0, 0.1) is 13.8 Å². The molecule has 156 valence electrons. The standard InChI is InChI=1S/2C10H14.C9H12/c1-8(2)10-6-4-9(3)5-7-10;1-8(2)10-6-4-5-9(3)7-10;1-8(2)9-6-4-3-5-7-9/h2*4-8H,1-3H3;3-8H,1-2H3. The minimum absolute atomic E-state index is 0.653. The summed E-state index contributed by atoms with van der Waals surface area (Å²) in [6, 6.07) is 27.9. The normalized spacial score (nSPS) is 10.3. The molecule has 0 saturated heterocycles. The molecule has 0 amide bonds. The second kappa shape index (κ2) is 13.0. The minimum atomic E-state index is 0.653. The van der Waals surface area contributed by atoms with Crippen LogP contribution in [0.1, 0.15) is 87.1 Å². The van der Waals surface area contributed by atoms with Crippen molar-refractivity contribution in [2.45, 2.75) is 73.1 Å². The SMILES string of the molecule is CC(C)c1ccccc1.Cc1ccc(C(C)C)cc1.Cc1cccc(C(C)C)c1. The van der Waals surface area contributed by atoms with Crippen LogP contribution >= 0.6 is 0 Å². The topological polar surface area (TPSA) is 0 Å². The highest BCUT2D eigenvalue weighted by Crippen LogP contribution is 2.15. The zero-order chi connectivity index (χ0) is 21.8. The number of rotatable bonds is 3. The molecule has 3 aromatic carbocycles. The highest BCUT2D eigenvalue weighted by atomic mass is 14.0. The first kappa shape index (κ1) is 24.7. The van der Waals surface area contributed by atoms with Gasteiger partial charge in [0.1, 0.15) is 0 Å². The smallest absolute Gasteiger partial charge is 0.0219 e. The van der Waals surface area contributed by atoms with E-state index in [9.17, 15) is 0 Å². The lowest BCUT2D eigenvalue weighted by atomic mass is 10.0. The van der Waals surface area contributed by atoms with Gasteiger partial charge in [0, 0.05) is 0 Å². The number of hydrogen-bond acceptors (Lipinski definition) is 0. The van der Waals surface area contributed by atoms with Gasteiger partial charge in [0.25, 0.3) is 0 Å². The molecule has 0 heteroatoms. The van der Waals surface area contributed by atoms with Gasteiger partial charge in [-0.05, 0) is 48.3 Å². The molecule has 3 aromatic rings. The quantitative estimate of drug-likeness (QED) is 0.420. The second-order valence-corrected chi connectivity index (χ2v) is 8.70. The van der Waals surface area contributed by atoms with Gasteiger partial charge in [-0.25, -0.2) is 0 Å². The van der Waals surface area contributed by atoms with Crippen LogP contribution in [0.4, 0.5) is 0 Å². The third-order valence-electron chi connectivity index (χ3n) is 4.92. The van der Waals surface area contributed by atoms with Gasteiger partial charge in [-0.2, -0.15) is 0 Å². The molecule has 29 heavy (non-hydrogen) atoms. The molecule has 0 aliphatic carbocycles. The van der Waals surface area contributed by atoms with Crippen LogP contribution in [-0.4, -0.2) is 0 Å². The summed E-state index contributed by atoms with van der Waals surface area (Å²) in [7, 11) is 0. The summed E-state index contributed by atoms with van der Waals surface area (Å²) in [6.45, 7) is 17.5. The Morgan fingerprint density at radius 2 is 0.862 bits per heavy atom. The van der Waals surface area contributed by atoms with E-state index in [0.717, 1.165) is 0 Å². The molecule has 0 atom stereocenters. The minimum Gasteiger partial charge on any atom is -0.0622 e. The van der Waals surface area contributed by atoms with Crippen LogP contribution in [0.3, 0.4) is 0 Å². The lowest BCUT2D eigenvalue weighted by Gasteiger charge is -2.04. The van der Waals surface area contributed by atoms with Gasteiger partial charge >= 0.3 is 0 Å². The van der Waals surface area contributed by atoms with E-state index in [0.29, 0.717) is 17.8 Å². The number of benzene rings is 3. The first-order valence-electron chi connectivity index (χ1n) is 10.9. The first-order valence-corrected chi connectivity index (χ1v) is 10.9. The number of hydrogen-bond donors (Lipinski definition) is 0. The highest BCUT2D eigenvalue weighted by Gasteiger charge is 1.97. The van der Waals surface area contributed by atoms with Crippen molar-refractivity contribution >= 4 is 0 Å². The van der Waals surface area contributed by atoms with Crippen molar-refractivity contribution in [2.75, 3.05) is 0 Å². The molecule has 0 fully saturated rings. The molecule has 0 aliphatic rings. The lowest BCUT2D eigenvalue weighted by Crippen LogP contribution is -1.86. The van der Waals surface area contributed by atoms with Gasteiger partial charge in [-0.3, -0.25) is 0 Å². The Morgan fingerprint density at radius 3 is 1.24 bits per heavy atom. The monoisotopic (exact) mass is 388 g/mol. The Kier molecular flexibility index (Phi) is 11.1. The third-order valence-corrected chi connectivity index (χ3v) is 4.92. The van der Waals surface area contributed by atoms with Gasteiger partial charge in [0.15, 0.2) is 0 Å². The highest BCUT2D eigenvalue weighted by molar-refractivity contribution is 5.24. The van der Waals surface area contributed by atoms with E-state index in [1.54, 1.807) is 0 Å². The van der Waals surface area contributed by atoms with Crippen LogP contribution in [0.5, 0.6) is 0 Å². The molecule has 0 nitrogen and oxygen atoms in total. The molecular weight excluding hydrogens is 348 g/mol. The van der Waals surface area contributed by atoms with Crippen molar-refractivity contribution in [1.29, 1.82) is 0 Å². The van der Waals surface area contributed by atoms with Crippen LogP contribution in [0.15, 0.2) is 78.9 Å². The fourth-order valence-electron chi connectivity index (χ4n) is 2.82. The third kappa shape index (κ3) is 10.1. The van der Waals surface area contributed by atoms with Crippen molar-refractivity contribution in [3.05, 3.63) is 107 Å². The fourth-order valence-corrected chi connectivity index (χ4v) is 2.82. The Hall–Kier alpha value is -2.34. The summed E-state index contributed by atoms with van der Waals surface area (Å²) in [5.74, 6) is 1.96. The summed E-state index contributed by atoms with van der Waals surface area (Å²) >= 11 is 0. The van der Waals surface area contributed by atoms with Crippen molar-refractivity contribution < 1.29 is 0 Å². The van der Waals surface area contributed by atoms with E-state index in [4.69, 9.17) is 0 Å². The maximum Gasteiger partial charge on any atom is -0.0219 e. The van der Waals surface area contributed by atoms with E-state index in [1.165, 1.54) is 27.8 Å². The first-order chi connectivity index (χ1) is 13.7. The van der Waals surface area contributed by atoms with Crippen molar-refractivity contribution in [3.63, 3.8) is 0 Å². The Bertz CT molecular complexity index is 793. The molecule has 0 aliphatic heterocycles. The Morgan fingerprint density at radius 1 is 0.414 bits per heavy atom. The average Bonchev–Trinajstić information content (AvgIpc) is 2.70. The van der Waals surface area contributed by atoms with E-state index < -0.39 is 0 Å². The average molecular weight is 389 g/mol. The van der Waals surface area contributed by atoms with Gasteiger partial charge in [-0.15, -0.1) is 0 Å². The van der Waals surface area contributed by atoms with E-state index in [2.05, 4.69) is 128 Å². The molecule has 0 spiro atoms. The van der Waals surface area contributed by atoms with Gasteiger partial charge in [0.05, 0.1) is 0 Å². The maximum absolute atomic E-state index is 2.24.